The van der Waals surface area contributed by atoms with Gasteiger partial charge in [-0.25, -0.2) is 0 Å². The molecule has 1 aliphatic heterocycles. The van der Waals surface area contributed by atoms with Crippen LogP contribution in [0.4, 0.5) is 0 Å². The minimum absolute atomic E-state index is 0.00704. The van der Waals surface area contributed by atoms with Crippen molar-refractivity contribution in [3.63, 3.8) is 0 Å². The predicted octanol–water partition coefficient (Wildman–Crippen LogP) is 2.62. The molecule has 1 aromatic carbocycles. The van der Waals surface area contributed by atoms with Crippen LogP contribution >= 0.6 is 11.3 Å². The van der Waals surface area contributed by atoms with Crippen LogP contribution in [0.5, 0.6) is 0 Å². The smallest absolute Gasteiger partial charge is 0.309 e. The Balaban J connectivity index is 1.42. The third-order valence-corrected chi connectivity index (χ3v) is 6.47. The third-order valence-electron chi connectivity index (χ3n) is 5.59. The van der Waals surface area contributed by atoms with Crippen molar-refractivity contribution in [2.45, 2.75) is 25.6 Å². The molecule has 30 heavy (non-hydrogen) atoms. The number of aromatic nitrogens is 1. The van der Waals surface area contributed by atoms with Crippen LogP contribution < -0.4 is 10.6 Å². The molecule has 1 aliphatic rings. The van der Waals surface area contributed by atoms with Gasteiger partial charge in [-0.2, -0.15) is 0 Å². The Morgan fingerprint density at radius 3 is 2.57 bits per heavy atom. The lowest BCUT2D eigenvalue weighted by molar-refractivity contribution is -0.139. The highest BCUT2D eigenvalue weighted by molar-refractivity contribution is 7.09. The van der Waals surface area contributed by atoms with E-state index in [4.69, 9.17) is 0 Å². The van der Waals surface area contributed by atoms with Crippen LogP contribution in [0.2, 0.25) is 0 Å². The number of hydrogen-bond acceptors (Lipinski definition) is 4. The lowest BCUT2D eigenvalue weighted by Crippen LogP contribution is -2.45. The Labute approximate surface area is 180 Å². The Morgan fingerprint density at radius 1 is 1.03 bits per heavy atom. The van der Waals surface area contributed by atoms with Gasteiger partial charge in [0.2, 0.25) is 0 Å². The summed E-state index contributed by atoms with van der Waals surface area (Å²) in [5, 5.41) is 7.48. The maximum atomic E-state index is 12.4. The average Bonchev–Trinajstić information content (AvgIpc) is 3.44. The Kier molecular flexibility index (Phi) is 6.30. The van der Waals surface area contributed by atoms with E-state index in [9.17, 15) is 9.59 Å². The van der Waals surface area contributed by atoms with Gasteiger partial charge in [0.1, 0.15) is 0 Å². The van der Waals surface area contributed by atoms with Gasteiger partial charge in [0, 0.05) is 43.4 Å². The number of nitrogens with zero attached hydrogens (tertiary/aromatic N) is 2. The molecule has 0 spiro atoms. The zero-order valence-corrected chi connectivity index (χ0v) is 17.8. The summed E-state index contributed by atoms with van der Waals surface area (Å²) >= 11 is 1.55. The van der Waals surface area contributed by atoms with E-state index in [1.165, 1.54) is 11.1 Å². The topological polar surface area (TPSA) is 66.4 Å². The van der Waals surface area contributed by atoms with Crippen LogP contribution in [0, 0.1) is 0 Å². The van der Waals surface area contributed by atoms with Crippen LogP contribution in [-0.4, -0.2) is 34.4 Å². The number of carbonyl (C=O) groups is 2. The number of fused-ring (bicyclic) bond motifs is 1. The minimum atomic E-state index is -0.599. The van der Waals surface area contributed by atoms with Crippen molar-refractivity contribution in [3.8, 4) is 0 Å². The molecule has 0 unspecified atom stereocenters. The van der Waals surface area contributed by atoms with E-state index in [0.717, 1.165) is 30.1 Å². The maximum Gasteiger partial charge on any atom is 0.309 e. The molecule has 3 heterocycles. The van der Waals surface area contributed by atoms with Crippen LogP contribution in [-0.2, 0) is 36.1 Å². The van der Waals surface area contributed by atoms with Crippen LogP contribution in [0.3, 0.4) is 0 Å². The number of benzene rings is 1. The average molecular weight is 423 g/mol. The van der Waals surface area contributed by atoms with Gasteiger partial charge in [0.25, 0.3) is 0 Å². The lowest BCUT2D eigenvalue weighted by Gasteiger charge is -2.36. The molecule has 0 saturated heterocycles. The monoisotopic (exact) mass is 422 g/mol. The highest BCUT2D eigenvalue weighted by Crippen LogP contribution is 2.27. The van der Waals surface area contributed by atoms with E-state index in [1.807, 2.05) is 36.8 Å². The predicted molar refractivity (Wildman–Crippen MR) is 118 cm³/mol. The molecule has 7 heteroatoms. The Bertz CT molecular complexity index is 1010. The van der Waals surface area contributed by atoms with E-state index in [1.54, 1.807) is 11.3 Å². The number of aryl methyl sites for hydroxylation is 1. The van der Waals surface area contributed by atoms with Crippen LogP contribution in [0.1, 0.15) is 27.7 Å². The summed E-state index contributed by atoms with van der Waals surface area (Å²) in [6, 6.07) is 16.4. The first-order chi connectivity index (χ1) is 14.6. The first-order valence-electron chi connectivity index (χ1n) is 10.1. The van der Waals surface area contributed by atoms with Crippen molar-refractivity contribution in [2.75, 3.05) is 13.1 Å². The van der Waals surface area contributed by atoms with Crippen molar-refractivity contribution < 1.29 is 9.59 Å². The number of nitrogens with one attached hydrogen (secondary N) is 2. The van der Waals surface area contributed by atoms with Gasteiger partial charge < -0.3 is 15.2 Å². The number of thiophene rings is 1. The number of rotatable bonds is 6. The second-order valence-corrected chi connectivity index (χ2v) is 8.55. The van der Waals surface area contributed by atoms with E-state index in [-0.39, 0.29) is 6.04 Å². The summed E-state index contributed by atoms with van der Waals surface area (Å²) in [5.74, 6) is -1.19. The van der Waals surface area contributed by atoms with Gasteiger partial charge in [-0.15, -0.1) is 11.3 Å². The number of carbonyl (C=O) groups excluding carboxylic acids is 2. The normalized spacial score (nSPS) is 14.7. The zero-order valence-electron chi connectivity index (χ0n) is 17.0. The molecule has 0 aliphatic carbocycles. The molecule has 3 aromatic rings. The van der Waals surface area contributed by atoms with E-state index >= 15 is 0 Å². The quantitative estimate of drug-likeness (QED) is 0.600. The lowest BCUT2D eigenvalue weighted by atomic mass is 9.98. The number of hydrogen-bond donors (Lipinski definition) is 2. The van der Waals surface area contributed by atoms with E-state index in [2.05, 4.69) is 50.4 Å². The van der Waals surface area contributed by atoms with Gasteiger partial charge in [0.15, 0.2) is 0 Å². The van der Waals surface area contributed by atoms with Crippen molar-refractivity contribution >= 4 is 23.2 Å². The van der Waals surface area contributed by atoms with E-state index in [0.29, 0.717) is 13.1 Å². The highest BCUT2D eigenvalue weighted by Gasteiger charge is 2.27. The summed E-state index contributed by atoms with van der Waals surface area (Å²) in [7, 11) is 2.01. The fourth-order valence-electron chi connectivity index (χ4n) is 3.96. The molecule has 0 fully saturated rings. The molecule has 0 saturated carbocycles. The summed E-state index contributed by atoms with van der Waals surface area (Å²) in [5.41, 5.74) is 3.83. The molecule has 2 aromatic heterocycles. The molecule has 4 rings (SSSR count). The van der Waals surface area contributed by atoms with Crippen LogP contribution in [0.15, 0.2) is 60.1 Å². The zero-order chi connectivity index (χ0) is 20.9. The minimum Gasteiger partial charge on any atom is -0.353 e. The van der Waals surface area contributed by atoms with Gasteiger partial charge in [-0.1, -0.05) is 30.3 Å². The van der Waals surface area contributed by atoms with E-state index < -0.39 is 11.8 Å². The van der Waals surface area contributed by atoms with Gasteiger partial charge in [-0.05, 0) is 41.1 Å². The van der Waals surface area contributed by atoms with Crippen molar-refractivity contribution in [2.24, 2.45) is 7.05 Å². The van der Waals surface area contributed by atoms with Crippen LogP contribution in [0.25, 0.3) is 0 Å². The molecular formula is C23H26N4O2S. The fraction of sp³-hybridized carbons (Fsp3) is 0.304. The molecule has 0 radical (unpaired) electrons. The fourth-order valence-corrected chi connectivity index (χ4v) is 4.60. The van der Waals surface area contributed by atoms with Crippen molar-refractivity contribution in [1.82, 2.24) is 20.1 Å². The van der Waals surface area contributed by atoms with Crippen molar-refractivity contribution in [3.05, 3.63) is 81.8 Å². The van der Waals surface area contributed by atoms with Gasteiger partial charge in [0.05, 0.1) is 12.6 Å². The molecule has 6 nitrogen and oxygen atoms in total. The summed E-state index contributed by atoms with van der Waals surface area (Å²) in [6.07, 6.45) is 2.99. The maximum absolute atomic E-state index is 12.4. The summed E-state index contributed by atoms with van der Waals surface area (Å²) in [6.45, 7) is 2.49. The summed E-state index contributed by atoms with van der Waals surface area (Å²) < 4.78 is 2.08. The first kappa shape index (κ1) is 20.4. The summed E-state index contributed by atoms with van der Waals surface area (Å²) in [4.78, 5) is 28.0. The third kappa shape index (κ3) is 4.63. The second-order valence-electron chi connectivity index (χ2n) is 7.52. The molecule has 2 amide bonds. The molecule has 156 valence electrons. The van der Waals surface area contributed by atoms with Gasteiger partial charge in [-0.3, -0.25) is 14.5 Å². The van der Waals surface area contributed by atoms with Gasteiger partial charge >= 0.3 is 11.8 Å². The number of amides is 2. The Hall–Kier alpha value is -2.90. The SMILES string of the molecule is Cn1cccc1[C@@H](CNC(=O)C(=O)NCc1cccs1)N1CCc2ccccc2C1. The van der Waals surface area contributed by atoms with Crippen molar-refractivity contribution in [1.29, 1.82) is 0 Å². The molecule has 0 bridgehead atoms. The molecular weight excluding hydrogens is 396 g/mol. The molecule has 1 atom stereocenters. The largest absolute Gasteiger partial charge is 0.353 e. The molecule has 2 N–H and O–H groups in total. The Morgan fingerprint density at radius 2 is 1.83 bits per heavy atom. The first-order valence-corrected chi connectivity index (χ1v) is 11.0. The standard InChI is InChI=1S/C23H26N4O2S/c1-26-11-4-9-20(26)21(27-12-10-17-6-2-3-7-18(17)16-27)15-25-23(29)22(28)24-14-19-8-5-13-30-19/h2-9,11,13,21H,10,12,14-16H2,1H3,(H,24,28)(H,25,29)/t21-/m1/s1. The highest BCUT2D eigenvalue weighted by atomic mass is 32.1. The second kappa shape index (κ2) is 9.28.